The Morgan fingerprint density at radius 1 is 1.09 bits per heavy atom. The smallest absolute Gasteiger partial charge is 0.305 e. The van der Waals surface area contributed by atoms with Gasteiger partial charge in [-0.25, -0.2) is 0 Å². The van der Waals surface area contributed by atoms with Gasteiger partial charge in [-0.1, -0.05) is 6.92 Å². The molecule has 7 nitrogen and oxygen atoms in total. The zero-order valence-electron chi connectivity index (χ0n) is 13.7. The Kier molecular flexibility index (Phi) is 3.98. The van der Waals surface area contributed by atoms with E-state index in [2.05, 4.69) is 0 Å². The molecule has 3 rings (SSSR count). The minimum atomic E-state index is -0.760. The molecule has 0 aromatic rings. The molecule has 5 atom stereocenters. The van der Waals surface area contributed by atoms with Gasteiger partial charge in [-0.05, 0) is 27.7 Å². The highest BCUT2D eigenvalue weighted by atomic mass is 16.8. The first-order chi connectivity index (χ1) is 10.2. The maximum absolute atomic E-state index is 11.8. The number of fused-ring (bicyclic) bond motifs is 1. The first kappa shape index (κ1) is 16.1. The van der Waals surface area contributed by atoms with Gasteiger partial charge in [0.1, 0.15) is 12.2 Å². The van der Waals surface area contributed by atoms with Crippen LogP contribution in [0.25, 0.3) is 0 Å². The van der Waals surface area contributed by atoms with Crippen LogP contribution in [0.15, 0.2) is 0 Å². The number of carbonyl (C=O) groups is 1. The minimum Gasteiger partial charge on any atom is -0.456 e. The first-order valence-corrected chi connectivity index (χ1v) is 7.73. The van der Waals surface area contributed by atoms with Crippen molar-refractivity contribution in [3.05, 3.63) is 0 Å². The number of hydrogen-bond acceptors (Lipinski definition) is 7. The predicted molar refractivity (Wildman–Crippen MR) is 73.8 cm³/mol. The van der Waals surface area contributed by atoms with Crippen LogP contribution < -0.4 is 0 Å². The Labute approximate surface area is 130 Å². The summed E-state index contributed by atoms with van der Waals surface area (Å²) in [6.45, 7) is 9.42. The molecule has 0 aromatic heterocycles. The normalized spacial score (nSPS) is 42.3. The Bertz CT molecular complexity index is 447. The van der Waals surface area contributed by atoms with Crippen LogP contribution in [0, 0.1) is 0 Å². The van der Waals surface area contributed by atoms with Gasteiger partial charge in [0.15, 0.2) is 30.1 Å². The van der Waals surface area contributed by atoms with Crippen molar-refractivity contribution in [2.75, 3.05) is 6.61 Å². The molecule has 0 N–H and O–H groups in total. The highest BCUT2D eigenvalue weighted by molar-refractivity contribution is 5.69. The van der Waals surface area contributed by atoms with Crippen molar-refractivity contribution >= 4 is 5.97 Å². The SMILES string of the molecule is CCC(=O)O[C@@H]1[C@@H]2OC(C)(C)O[C@H]2O[C@@H]1[C@H]1COC(C)(C)O1. The molecule has 0 aromatic carbocycles. The zero-order chi connectivity index (χ0) is 16.1. The maximum atomic E-state index is 11.8. The third kappa shape index (κ3) is 3.00. The molecule has 22 heavy (non-hydrogen) atoms. The van der Waals surface area contributed by atoms with Crippen LogP contribution in [0.5, 0.6) is 0 Å². The van der Waals surface area contributed by atoms with Gasteiger partial charge in [-0.15, -0.1) is 0 Å². The van der Waals surface area contributed by atoms with Gasteiger partial charge in [-0.2, -0.15) is 0 Å². The average molecular weight is 316 g/mol. The molecule has 3 fully saturated rings. The minimum absolute atomic E-state index is 0.290. The van der Waals surface area contributed by atoms with Crippen LogP contribution in [-0.2, 0) is 33.2 Å². The lowest BCUT2D eigenvalue weighted by Crippen LogP contribution is -2.45. The van der Waals surface area contributed by atoms with E-state index in [0.29, 0.717) is 13.0 Å². The van der Waals surface area contributed by atoms with Gasteiger partial charge in [0.25, 0.3) is 0 Å². The van der Waals surface area contributed by atoms with Gasteiger partial charge < -0.3 is 28.4 Å². The molecular formula is C15H24O7. The fourth-order valence-electron chi connectivity index (χ4n) is 3.05. The van der Waals surface area contributed by atoms with E-state index in [1.807, 2.05) is 13.8 Å². The van der Waals surface area contributed by atoms with Gasteiger partial charge >= 0.3 is 5.97 Å². The lowest BCUT2D eigenvalue weighted by molar-refractivity contribution is -0.235. The van der Waals surface area contributed by atoms with Crippen LogP contribution in [-0.4, -0.2) is 54.9 Å². The van der Waals surface area contributed by atoms with Crippen LogP contribution in [0.3, 0.4) is 0 Å². The molecule has 3 saturated heterocycles. The Balaban J connectivity index is 1.76. The van der Waals surface area contributed by atoms with Crippen molar-refractivity contribution in [1.82, 2.24) is 0 Å². The van der Waals surface area contributed by atoms with Crippen molar-refractivity contribution < 1.29 is 33.2 Å². The van der Waals surface area contributed by atoms with E-state index in [1.54, 1.807) is 20.8 Å². The molecule has 0 unspecified atom stereocenters. The summed E-state index contributed by atoms with van der Waals surface area (Å²) in [5.41, 5.74) is 0. The van der Waals surface area contributed by atoms with Crippen molar-refractivity contribution in [3.63, 3.8) is 0 Å². The van der Waals surface area contributed by atoms with E-state index < -0.39 is 36.2 Å². The Morgan fingerprint density at radius 3 is 2.41 bits per heavy atom. The molecule has 7 heteroatoms. The van der Waals surface area contributed by atoms with Gasteiger partial charge in [0.05, 0.1) is 6.61 Å². The lowest BCUT2D eigenvalue weighted by Gasteiger charge is -2.28. The van der Waals surface area contributed by atoms with Crippen molar-refractivity contribution in [1.29, 1.82) is 0 Å². The van der Waals surface area contributed by atoms with E-state index in [9.17, 15) is 4.79 Å². The summed E-state index contributed by atoms with van der Waals surface area (Å²) in [7, 11) is 0. The predicted octanol–water partition coefficient (Wildman–Crippen LogP) is 1.34. The molecule has 0 saturated carbocycles. The van der Waals surface area contributed by atoms with Crippen LogP contribution in [0.2, 0.25) is 0 Å². The third-order valence-electron chi connectivity index (χ3n) is 3.98. The second kappa shape index (κ2) is 5.42. The molecular weight excluding hydrogens is 292 g/mol. The summed E-state index contributed by atoms with van der Waals surface area (Å²) in [6.07, 6.45) is -2.10. The Morgan fingerprint density at radius 2 is 1.82 bits per heavy atom. The highest BCUT2D eigenvalue weighted by Gasteiger charge is 2.59. The van der Waals surface area contributed by atoms with Crippen molar-refractivity contribution in [2.45, 2.75) is 83.3 Å². The number of hydrogen-bond donors (Lipinski definition) is 0. The van der Waals surface area contributed by atoms with Crippen LogP contribution >= 0.6 is 0 Å². The number of carbonyl (C=O) groups excluding carboxylic acids is 1. The first-order valence-electron chi connectivity index (χ1n) is 7.73. The van der Waals surface area contributed by atoms with Gasteiger partial charge in [0, 0.05) is 6.42 Å². The van der Waals surface area contributed by atoms with Gasteiger partial charge in [0.2, 0.25) is 0 Å². The summed E-state index contributed by atoms with van der Waals surface area (Å²) in [5.74, 6) is -1.74. The maximum Gasteiger partial charge on any atom is 0.305 e. The zero-order valence-corrected chi connectivity index (χ0v) is 13.7. The molecule has 0 bridgehead atoms. The number of esters is 1. The van der Waals surface area contributed by atoms with Crippen molar-refractivity contribution in [3.8, 4) is 0 Å². The lowest BCUT2D eigenvalue weighted by atomic mass is 10.1. The summed E-state index contributed by atoms with van der Waals surface area (Å²) in [5, 5.41) is 0. The molecule has 0 aliphatic carbocycles. The van der Waals surface area contributed by atoms with E-state index in [4.69, 9.17) is 28.4 Å². The third-order valence-corrected chi connectivity index (χ3v) is 3.98. The molecule has 0 amide bonds. The fourth-order valence-corrected chi connectivity index (χ4v) is 3.05. The van der Waals surface area contributed by atoms with Gasteiger partial charge in [-0.3, -0.25) is 4.79 Å². The number of ether oxygens (including phenoxy) is 6. The van der Waals surface area contributed by atoms with E-state index in [0.717, 1.165) is 0 Å². The molecule has 0 radical (unpaired) electrons. The largest absolute Gasteiger partial charge is 0.456 e. The second-order valence-corrected chi connectivity index (χ2v) is 6.74. The average Bonchev–Trinajstić information content (AvgIpc) is 3.01. The quantitative estimate of drug-likeness (QED) is 0.727. The molecule has 126 valence electrons. The summed E-state index contributed by atoms with van der Waals surface area (Å²) < 4.78 is 34.5. The van der Waals surface area contributed by atoms with Crippen molar-refractivity contribution in [2.24, 2.45) is 0 Å². The summed E-state index contributed by atoms with van der Waals surface area (Å²) >= 11 is 0. The fraction of sp³-hybridized carbons (Fsp3) is 0.933. The monoisotopic (exact) mass is 316 g/mol. The summed E-state index contributed by atoms with van der Waals surface area (Å²) in [6, 6.07) is 0. The molecule has 3 aliphatic heterocycles. The van der Waals surface area contributed by atoms with Crippen LogP contribution in [0.1, 0.15) is 41.0 Å². The van der Waals surface area contributed by atoms with E-state index >= 15 is 0 Å². The van der Waals surface area contributed by atoms with E-state index in [-0.39, 0.29) is 12.1 Å². The Hall–Kier alpha value is -0.730. The second-order valence-electron chi connectivity index (χ2n) is 6.74. The van der Waals surface area contributed by atoms with E-state index in [1.165, 1.54) is 0 Å². The molecule has 0 spiro atoms. The summed E-state index contributed by atoms with van der Waals surface area (Å²) in [4.78, 5) is 11.8. The topological polar surface area (TPSA) is 72.5 Å². The standard InChI is InChI=1S/C15H24O7/c1-6-9(16)18-11-10(8-7-17-14(2,3)20-8)19-13-12(11)21-15(4,5)22-13/h8,10-13H,6-7H2,1-5H3/t8-,10-,11+,12+,13-/m1/s1. The molecule has 3 heterocycles. The van der Waals surface area contributed by atoms with Crippen LogP contribution in [0.4, 0.5) is 0 Å². The highest BCUT2D eigenvalue weighted by Crippen LogP contribution is 2.41. The number of rotatable bonds is 3. The molecule has 3 aliphatic rings.